The van der Waals surface area contributed by atoms with E-state index in [-0.39, 0.29) is 35.0 Å². The average molecular weight is 478 g/mol. The summed E-state index contributed by atoms with van der Waals surface area (Å²) in [4.78, 5) is 24.0. The van der Waals surface area contributed by atoms with Gasteiger partial charge in [-0.25, -0.2) is 4.79 Å². The van der Waals surface area contributed by atoms with Crippen molar-refractivity contribution in [1.29, 1.82) is 0 Å². The number of carbonyl (C=O) groups excluding carboxylic acids is 1. The number of carboxylic acids is 1. The maximum absolute atomic E-state index is 12.7. The molecule has 1 saturated heterocycles. The number of ether oxygens (including phenoxy) is 4. The van der Waals surface area contributed by atoms with Crippen LogP contribution in [0.25, 0.3) is 0 Å². The number of benzene rings is 2. The van der Waals surface area contributed by atoms with Gasteiger partial charge >= 0.3 is 5.97 Å². The first-order valence-corrected chi connectivity index (χ1v) is 10.1. The lowest BCUT2D eigenvalue weighted by molar-refractivity contribution is -0.271. The van der Waals surface area contributed by atoms with Crippen LogP contribution in [0.4, 0.5) is 0 Å². The molecule has 1 fully saturated rings. The third-order valence-electron chi connectivity index (χ3n) is 5.61. The predicted octanol–water partition coefficient (Wildman–Crippen LogP) is 0.0839. The summed E-state index contributed by atoms with van der Waals surface area (Å²) < 4.78 is 21.3. The number of carboxylic acid groups (broad SMARTS) is 1. The summed E-state index contributed by atoms with van der Waals surface area (Å²) in [6.45, 7) is 0. The van der Waals surface area contributed by atoms with Crippen molar-refractivity contribution in [3.8, 4) is 28.7 Å². The number of methoxy groups -OCH3 is 1. The Morgan fingerprint density at radius 3 is 2.41 bits per heavy atom. The van der Waals surface area contributed by atoms with Crippen molar-refractivity contribution >= 4 is 11.8 Å². The van der Waals surface area contributed by atoms with Gasteiger partial charge in [0.15, 0.2) is 23.4 Å². The quantitative estimate of drug-likeness (QED) is 0.340. The van der Waals surface area contributed by atoms with Crippen LogP contribution in [0.5, 0.6) is 28.7 Å². The molecule has 2 aliphatic heterocycles. The van der Waals surface area contributed by atoms with Gasteiger partial charge in [0.1, 0.15) is 47.2 Å². The summed E-state index contributed by atoms with van der Waals surface area (Å²) in [6.07, 6.45) is -10.1. The van der Waals surface area contributed by atoms with Crippen molar-refractivity contribution in [2.24, 2.45) is 0 Å². The lowest BCUT2D eigenvalue weighted by atomic mass is 9.95. The highest BCUT2D eigenvalue weighted by Crippen LogP contribution is 2.43. The second-order valence-corrected chi connectivity index (χ2v) is 7.83. The zero-order valence-corrected chi connectivity index (χ0v) is 17.7. The molecule has 0 amide bonds. The van der Waals surface area contributed by atoms with Gasteiger partial charge in [0.2, 0.25) is 6.29 Å². The minimum absolute atomic E-state index is 0.0628. The molecule has 2 heterocycles. The van der Waals surface area contributed by atoms with Crippen LogP contribution in [-0.2, 0) is 9.53 Å². The molecule has 0 aromatic heterocycles. The van der Waals surface area contributed by atoms with Crippen molar-refractivity contribution in [2.45, 2.75) is 43.2 Å². The summed E-state index contributed by atoms with van der Waals surface area (Å²) in [7, 11) is 1.39. The van der Waals surface area contributed by atoms with Crippen LogP contribution in [0.2, 0.25) is 0 Å². The van der Waals surface area contributed by atoms with Crippen molar-refractivity contribution in [3.05, 3.63) is 41.5 Å². The molecule has 6 N–H and O–H groups in total. The van der Waals surface area contributed by atoms with Crippen LogP contribution < -0.4 is 14.2 Å². The number of fused-ring (bicyclic) bond motifs is 1. The van der Waals surface area contributed by atoms with Gasteiger partial charge in [0.05, 0.1) is 13.5 Å². The predicted molar refractivity (Wildman–Crippen MR) is 110 cm³/mol. The summed E-state index contributed by atoms with van der Waals surface area (Å²) >= 11 is 0. The van der Waals surface area contributed by atoms with Crippen LogP contribution >= 0.6 is 0 Å². The number of aliphatic carboxylic acids is 1. The van der Waals surface area contributed by atoms with Gasteiger partial charge in [-0.2, -0.15) is 0 Å². The minimum Gasteiger partial charge on any atom is -0.507 e. The van der Waals surface area contributed by atoms with E-state index in [1.165, 1.54) is 25.3 Å². The van der Waals surface area contributed by atoms with Gasteiger partial charge in [-0.05, 0) is 17.7 Å². The number of rotatable bonds is 5. The molecule has 0 bridgehead atoms. The third kappa shape index (κ3) is 4.19. The first kappa shape index (κ1) is 23.6. The number of Topliss-reactive ketones (excluding diaryl/α,β-unsaturated/α-hetero) is 1. The maximum Gasteiger partial charge on any atom is 0.335 e. The highest BCUT2D eigenvalue weighted by molar-refractivity contribution is 6.02. The molecule has 4 rings (SSSR count). The van der Waals surface area contributed by atoms with Crippen LogP contribution in [-0.4, -0.2) is 80.2 Å². The zero-order chi connectivity index (χ0) is 24.7. The Labute approximate surface area is 192 Å². The van der Waals surface area contributed by atoms with Gasteiger partial charge < -0.3 is 49.6 Å². The molecule has 0 aliphatic carbocycles. The second-order valence-electron chi connectivity index (χ2n) is 7.83. The van der Waals surface area contributed by atoms with E-state index in [1.54, 1.807) is 6.07 Å². The Balaban J connectivity index is 1.60. The largest absolute Gasteiger partial charge is 0.507 e. The maximum atomic E-state index is 12.7. The van der Waals surface area contributed by atoms with Gasteiger partial charge in [-0.3, -0.25) is 4.79 Å². The summed E-state index contributed by atoms with van der Waals surface area (Å²) in [5.41, 5.74) is 0.362. The number of phenolic OH excluding ortho intramolecular Hbond substituents is 2. The summed E-state index contributed by atoms with van der Waals surface area (Å²) in [5.74, 6) is -2.67. The number of phenols is 2. The Morgan fingerprint density at radius 2 is 1.76 bits per heavy atom. The van der Waals surface area contributed by atoms with Crippen LogP contribution in [0, 0.1) is 0 Å². The van der Waals surface area contributed by atoms with Gasteiger partial charge in [-0.1, -0.05) is 6.07 Å². The van der Waals surface area contributed by atoms with Gasteiger partial charge in [-0.15, -0.1) is 0 Å². The molecule has 12 nitrogen and oxygen atoms in total. The number of aliphatic hydroxyl groups is 3. The van der Waals surface area contributed by atoms with Crippen molar-refractivity contribution in [2.75, 3.05) is 7.11 Å². The molecule has 0 radical (unpaired) electrons. The first-order valence-electron chi connectivity index (χ1n) is 10.1. The van der Waals surface area contributed by atoms with E-state index in [1.807, 2.05) is 0 Å². The van der Waals surface area contributed by atoms with Crippen molar-refractivity contribution < 1.29 is 59.2 Å². The molecule has 0 spiro atoms. The monoisotopic (exact) mass is 478 g/mol. The van der Waals surface area contributed by atoms with E-state index < -0.39 is 54.3 Å². The number of ketones is 1. The summed E-state index contributed by atoms with van der Waals surface area (Å²) in [5, 5.41) is 59.5. The molecule has 12 heteroatoms. The molecule has 2 aromatic carbocycles. The number of hydrogen-bond donors (Lipinski definition) is 6. The van der Waals surface area contributed by atoms with Crippen LogP contribution in [0.1, 0.15) is 28.4 Å². The lowest BCUT2D eigenvalue weighted by Crippen LogP contribution is -2.61. The Kier molecular flexibility index (Phi) is 6.23. The highest BCUT2D eigenvalue weighted by atomic mass is 16.7. The topological polar surface area (TPSA) is 192 Å². The van der Waals surface area contributed by atoms with Crippen molar-refractivity contribution in [3.63, 3.8) is 0 Å². The fourth-order valence-electron chi connectivity index (χ4n) is 3.86. The Bertz CT molecular complexity index is 1120. The van der Waals surface area contributed by atoms with Gasteiger partial charge in [0.25, 0.3) is 0 Å². The van der Waals surface area contributed by atoms with Crippen LogP contribution in [0.15, 0.2) is 30.3 Å². The van der Waals surface area contributed by atoms with E-state index in [0.29, 0.717) is 5.56 Å². The SMILES string of the molecule is COc1ccc([C@H]2CC(=O)c3c(O)cc(O[C@@H]4O[C@H](C(=O)O)[C@@H](O)[C@H](O)[C@H]4O)cc3O2)cc1O. The normalized spacial score (nSPS) is 28.5. The van der Waals surface area contributed by atoms with E-state index in [2.05, 4.69) is 0 Å². The van der Waals surface area contributed by atoms with E-state index in [0.717, 1.165) is 6.07 Å². The average Bonchev–Trinajstić information content (AvgIpc) is 2.78. The molecular weight excluding hydrogens is 456 g/mol. The first-order chi connectivity index (χ1) is 16.1. The van der Waals surface area contributed by atoms with E-state index in [4.69, 9.17) is 24.1 Å². The standard InChI is InChI=1S/C22H22O12/c1-31-13-3-2-8(4-10(13)23)14-7-12(25)16-11(24)5-9(6-15(16)33-14)32-22-19(28)17(26)18(27)20(34-22)21(29)30/h2-6,14,17-20,22-24,26-28H,7H2,1H3,(H,29,30)/t14-,17+,18+,19-,20+,22-/m1/s1. The number of hydrogen-bond acceptors (Lipinski definition) is 11. The zero-order valence-electron chi connectivity index (χ0n) is 17.7. The fourth-order valence-corrected chi connectivity index (χ4v) is 3.86. The number of carbonyl (C=O) groups is 2. The number of aromatic hydroxyl groups is 2. The minimum atomic E-state index is -1.90. The molecular formula is C22H22O12. The third-order valence-corrected chi connectivity index (χ3v) is 5.61. The van der Waals surface area contributed by atoms with Gasteiger partial charge in [0, 0.05) is 12.1 Å². The summed E-state index contributed by atoms with van der Waals surface area (Å²) in [6, 6.07) is 6.76. The molecule has 182 valence electrons. The fraction of sp³-hybridized carbons (Fsp3) is 0.364. The molecule has 6 atom stereocenters. The van der Waals surface area contributed by atoms with Crippen molar-refractivity contribution in [1.82, 2.24) is 0 Å². The molecule has 0 saturated carbocycles. The molecule has 2 aliphatic rings. The van der Waals surface area contributed by atoms with E-state index >= 15 is 0 Å². The number of aliphatic hydroxyl groups excluding tert-OH is 3. The van der Waals surface area contributed by atoms with E-state index in [9.17, 15) is 35.1 Å². The Morgan fingerprint density at radius 1 is 1.03 bits per heavy atom. The van der Waals surface area contributed by atoms with Crippen LogP contribution in [0.3, 0.4) is 0 Å². The molecule has 34 heavy (non-hydrogen) atoms. The molecule has 2 aromatic rings. The highest BCUT2D eigenvalue weighted by Gasteiger charge is 2.48. The Hall–Kier alpha value is -3.58. The second kappa shape index (κ2) is 8.99. The smallest absolute Gasteiger partial charge is 0.335 e. The lowest BCUT2D eigenvalue weighted by Gasteiger charge is -2.38. The molecule has 0 unspecified atom stereocenters.